The molecule has 0 aromatic carbocycles. The number of nitrogens with zero attached hydrogens (tertiary/aromatic N) is 3. The van der Waals surface area contributed by atoms with Crippen LogP contribution in [0, 0.1) is 5.92 Å². The van der Waals surface area contributed by atoms with Crippen LogP contribution in [0.15, 0.2) is 12.4 Å². The fourth-order valence-corrected chi connectivity index (χ4v) is 2.76. The lowest BCUT2D eigenvalue weighted by Crippen LogP contribution is -2.36. The van der Waals surface area contributed by atoms with Gasteiger partial charge in [-0.3, -0.25) is 4.18 Å². The van der Waals surface area contributed by atoms with Gasteiger partial charge >= 0.3 is 5.97 Å². The van der Waals surface area contributed by atoms with Gasteiger partial charge < -0.3 is 9.64 Å². The maximum absolute atomic E-state index is 11.5. The lowest BCUT2D eigenvalue weighted by Gasteiger charge is -2.31. The Balaban J connectivity index is 1.86. The van der Waals surface area contributed by atoms with Crippen molar-refractivity contribution in [3.8, 4) is 0 Å². The van der Waals surface area contributed by atoms with Gasteiger partial charge in [0.05, 0.1) is 25.0 Å². The summed E-state index contributed by atoms with van der Waals surface area (Å²) in [6.07, 6.45) is 5.58. The summed E-state index contributed by atoms with van der Waals surface area (Å²) in [6, 6.07) is 0. The number of carbonyl (C=O) groups excluding carboxylic acids is 1. The van der Waals surface area contributed by atoms with Crippen LogP contribution in [0.1, 0.15) is 30.1 Å². The molecule has 0 amide bonds. The molecule has 0 unspecified atom stereocenters. The van der Waals surface area contributed by atoms with Crippen molar-refractivity contribution in [2.24, 2.45) is 5.92 Å². The predicted octanol–water partition coefficient (Wildman–Crippen LogP) is 0.846. The molecular weight excluding hydrogens is 322 g/mol. The Kier molecular flexibility index (Phi) is 5.89. The van der Waals surface area contributed by atoms with Crippen molar-refractivity contribution in [1.82, 2.24) is 9.97 Å². The SMILES string of the molecule is CCOC(=O)c1cnc(N2CCC(COS(C)(=O)=O)CC2)nc1. The highest BCUT2D eigenvalue weighted by Gasteiger charge is 2.22. The van der Waals surface area contributed by atoms with Crippen LogP contribution in [0.25, 0.3) is 0 Å². The molecule has 0 spiro atoms. The number of anilines is 1. The summed E-state index contributed by atoms with van der Waals surface area (Å²) in [6.45, 7) is 3.71. The van der Waals surface area contributed by atoms with Crippen LogP contribution in [0.2, 0.25) is 0 Å². The summed E-state index contributed by atoms with van der Waals surface area (Å²) in [5.41, 5.74) is 0.326. The van der Waals surface area contributed by atoms with Crippen LogP contribution in [0.5, 0.6) is 0 Å². The Bertz CT molecular complexity index is 624. The first-order valence-electron chi connectivity index (χ1n) is 7.47. The zero-order chi connectivity index (χ0) is 16.9. The van der Waals surface area contributed by atoms with E-state index in [4.69, 9.17) is 8.92 Å². The van der Waals surface area contributed by atoms with Gasteiger partial charge in [-0.25, -0.2) is 14.8 Å². The number of ether oxygens (including phenoxy) is 1. The average Bonchev–Trinajstić information content (AvgIpc) is 2.53. The first-order chi connectivity index (χ1) is 10.9. The molecule has 0 radical (unpaired) electrons. The fourth-order valence-electron chi connectivity index (χ4n) is 2.32. The third kappa shape index (κ3) is 5.43. The predicted molar refractivity (Wildman–Crippen MR) is 83.7 cm³/mol. The Morgan fingerprint density at radius 1 is 1.30 bits per heavy atom. The number of esters is 1. The minimum absolute atomic E-state index is 0.208. The molecule has 128 valence electrons. The summed E-state index contributed by atoms with van der Waals surface area (Å²) in [4.78, 5) is 22.0. The second-order valence-electron chi connectivity index (χ2n) is 5.41. The quantitative estimate of drug-likeness (QED) is 0.554. The second-order valence-corrected chi connectivity index (χ2v) is 7.06. The minimum Gasteiger partial charge on any atom is -0.462 e. The van der Waals surface area contributed by atoms with E-state index in [0.29, 0.717) is 18.1 Å². The maximum atomic E-state index is 11.5. The Morgan fingerprint density at radius 2 is 1.91 bits per heavy atom. The van der Waals surface area contributed by atoms with E-state index in [-0.39, 0.29) is 12.5 Å². The Morgan fingerprint density at radius 3 is 2.43 bits per heavy atom. The zero-order valence-electron chi connectivity index (χ0n) is 13.3. The first-order valence-corrected chi connectivity index (χ1v) is 9.29. The molecule has 1 aromatic heterocycles. The summed E-state index contributed by atoms with van der Waals surface area (Å²) < 4.78 is 31.7. The lowest BCUT2D eigenvalue weighted by atomic mass is 9.98. The standard InChI is InChI=1S/C14H21N3O5S/c1-3-21-13(18)12-8-15-14(16-9-12)17-6-4-11(5-7-17)10-22-23(2,19)20/h8-9,11H,3-7,10H2,1-2H3. The van der Waals surface area contributed by atoms with Crippen LogP contribution >= 0.6 is 0 Å². The zero-order valence-corrected chi connectivity index (χ0v) is 14.1. The molecule has 1 fully saturated rings. The van der Waals surface area contributed by atoms with Gasteiger partial charge in [0.25, 0.3) is 10.1 Å². The topological polar surface area (TPSA) is 98.7 Å². The number of carbonyl (C=O) groups is 1. The fraction of sp³-hybridized carbons (Fsp3) is 0.643. The van der Waals surface area contributed by atoms with Gasteiger partial charge in [0.2, 0.25) is 5.95 Å². The molecule has 0 bridgehead atoms. The van der Waals surface area contributed by atoms with Gasteiger partial charge in [0, 0.05) is 25.5 Å². The maximum Gasteiger partial charge on any atom is 0.341 e. The van der Waals surface area contributed by atoms with Crippen molar-refractivity contribution in [1.29, 1.82) is 0 Å². The summed E-state index contributed by atoms with van der Waals surface area (Å²) >= 11 is 0. The summed E-state index contributed by atoms with van der Waals surface area (Å²) in [5, 5.41) is 0. The highest BCUT2D eigenvalue weighted by molar-refractivity contribution is 7.85. The van der Waals surface area contributed by atoms with E-state index in [2.05, 4.69) is 9.97 Å². The molecule has 1 aliphatic heterocycles. The Labute approximate surface area is 135 Å². The molecule has 9 heteroatoms. The first kappa shape index (κ1) is 17.6. The van der Waals surface area contributed by atoms with Gasteiger partial charge in [-0.15, -0.1) is 0 Å². The molecule has 1 saturated heterocycles. The number of hydrogen-bond donors (Lipinski definition) is 0. The van der Waals surface area contributed by atoms with E-state index in [1.165, 1.54) is 12.4 Å². The molecule has 0 N–H and O–H groups in total. The number of piperidine rings is 1. The number of rotatable bonds is 6. The third-order valence-electron chi connectivity index (χ3n) is 3.56. The van der Waals surface area contributed by atoms with Crippen molar-refractivity contribution in [3.63, 3.8) is 0 Å². The van der Waals surface area contributed by atoms with Gasteiger partial charge in [-0.1, -0.05) is 0 Å². The van der Waals surface area contributed by atoms with Crippen LogP contribution in [-0.2, 0) is 19.0 Å². The van der Waals surface area contributed by atoms with E-state index >= 15 is 0 Å². The highest BCUT2D eigenvalue weighted by Crippen LogP contribution is 2.21. The van der Waals surface area contributed by atoms with E-state index in [0.717, 1.165) is 32.2 Å². The van der Waals surface area contributed by atoms with Crippen LogP contribution in [0.3, 0.4) is 0 Å². The van der Waals surface area contributed by atoms with Gasteiger partial charge in [0.15, 0.2) is 0 Å². The molecular formula is C14H21N3O5S. The van der Waals surface area contributed by atoms with Crippen molar-refractivity contribution in [2.45, 2.75) is 19.8 Å². The Hall–Kier alpha value is -1.74. The number of hydrogen-bond acceptors (Lipinski definition) is 8. The summed E-state index contributed by atoms with van der Waals surface area (Å²) in [5.74, 6) is 0.330. The van der Waals surface area contributed by atoms with Crippen LogP contribution in [-0.4, -0.2) is 56.9 Å². The molecule has 8 nitrogen and oxygen atoms in total. The minimum atomic E-state index is -3.39. The molecule has 1 aromatic rings. The smallest absolute Gasteiger partial charge is 0.341 e. The largest absolute Gasteiger partial charge is 0.462 e. The van der Waals surface area contributed by atoms with Crippen molar-refractivity contribution in [2.75, 3.05) is 37.5 Å². The average molecular weight is 343 g/mol. The number of aromatic nitrogens is 2. The van der Waals surface area contributed by atoms with Gasteiger partial charge in [-0.2, -0.15) is 8.42 Å². The monoisotopic (exact) mass is 343 g/mol. The normalized spacial score (nSPS) is 16.3. The van der Waals surface area contributed by atoms with E-state index in [1.807, 2.05) is 4.90 Å². The van der Waals surface area contributed by atoms with E-state index in [1.54, 1.807) is 6.92 Å². The molecule has 2 rings (SSSR count). The van der Waals surface area contributed by atoms with Crippen LogP contribution < -0.4 is 4.90 Å². The molecule has 1 aliphatic rings. The highest BCUT2D eigenvalue weighted by atomic mass is 32.2. The third-order valence-corrected chi connectivity index (χ3v) is 4.13. The molecule has 2 heterocycles. The molecule has 0 atom stereocenters. The van der Waals surface area contributed by atoms with Gasteiger partial charge in [-0.05, 0) is 25.7 Å². The van der Waals surface area contributed by atoms with E-state index in [9.17, 15) is 13.2 Å². The molecule has 0 aliphatic carbocycles. The second kappa shape index (κ2) is 7.69. The van der Waals surface area contributed by atoms with Crippen molar-refractivity contribution >= 4 is 22.0 Å². The molecule has 0 saturated carbocycles. The van der Waals surface area contributed by atoms with E-state index < -0.39 is 16.1 Å². The van der Waals surface area contributed by atoms with Crippen molar-refractivity contribution < 1.29 is 22.1 Å². The molecule has 23 heavy (non-hydrogen) atoms. The summed E-state index contributed by atoms with van der Waals surface area (Å²) in [7, 11) is -3.39. The lowest BCUT2D eigenvalue weighted by molar-refractivity contribution is 0.0525. The van der Waals surface area contributed by atoms with Crippen molar-refractivity contribution in [3.05, 3.63) is 18.0 Å². The van der Waals surface area contributed by atoms with Crippen LogP contribution in [0.4, 0.5) is 5.95 Å². The van der Waals surface area contributed by atoms with Gasteiger partial charge in [0.1, 0.15) is 0 Å².